The number of benzene rings is 7. The molecule has 0 N–H and O–H groups in total. The summed E-state index contributed by atoms with van der Waals surface area (Å²) in [5.41, 5.74) is 17.5. The van der Waals surface area contributed by atoms with E-state index in [0.717, 1.165) is 25.7 Å². The van der Waals surface area contributed by atoms with Crippen molar-refractivity contribution < 1.29 is 0 Å². The zero-order valence-electron chi connectivity index (χ0n) is 30.1. The molecule has 2 aliphatic rings. The third kappa shape index (κ3) is 5.42. The van der Waals surface area contributed by atoms with Crippen LogP contribution in [0.15, 0.2) is 164 Å². The Balaban J connectivity index is 1.20. The van der Waals surface area contributed by atoms with E-state index in [1.54, 1.807) is 0 Å². The highest BCUT2D eigenvalue weighted by Gasteiger charge is 2.33. The van der Waals surface area contributed by atoms with Crippen LogP contribution in [0.3, 0.4) is 0 Å². The van der Waals surface area contributed by atoms with Crippen molar-refractivity contribution in [2.75, 3.05) is 9.80 Å². The van der Waals surface area contributed by atoms with Gasteiger partial charge in [0.2, 0.25) is 0 Å². The molecule has 0 aliphatic heterocycles. The summed E-state index contributed by atoms with van der Waals surface area (Å²) in [5, 5.41) is 2.58. The van der Waals surface area contributed by atoms with Gasteiger partial charge in [-0.05, 0) is 146 Å². The average Bonchev–Trinajstić information content (AvgIpc) is 3.57. The summed E-state index contributed by atoms with van der Waals surface area (Å²) in [6.07, 6.45) is 9.22. The zero-order chi connectivity index (χ0) is 35.1. The van der Waals surface area contributed by atoms with Gasteiger partial charge in [-0.15, -0.1) is 0 Å². The van der Waals surface area contributed by atoms with Crippen molar-refractivity contribution in [2.45, 2.75) is 51.4 Å². The number of anilines is 6. The number of nitrogens with zero attached hydrogens (tertiary/aromatic N) is 3. The molecular weight excluding hydrogens is 643 g/mol. The summed E-state index contributed by atoms with van der Waals surface area (Å²) in [7, 11) is 0. The summed E-state index contributed by atoms with van der Waals surface area (Å²) in [6.45, 7) is 0. The maximum atomic E-state index is 2.60. The van der Waals surface area contributed by atoms with Gasteiger partial charge < -0.3 is 14.4 Å². The fraction of sp³-hybridized carbons (Fsp3) is 0.160. The van der Waals surface area contributed by atoms with E-state index in [2.05, 4.69) is 178 Å². The number of para-hydroxylation sites is 5. The molecule has 0 amide bonds. The molecule has 53 heavy (non-hydrogen) atoms. The lowest BCUT2D eigenvalue weighted by molar-refractivity contribution is 0.659. The van der Waals surface area contributed by atoms with E-state index in [4.69, 9.17) is 0 Å². The van der Waals surface area contributed by atoms with Crippen molar-refractivity contribution >= 4 is 55.9 Å². The van der Waals surface area contributed by atoms with Gasteiger partial charge in [-0.1, -0.05) is 91.0 Å². The molecule has 3 heteroatoms. The molecule has 2 aliphatic carbocycles. The molecule has 8 aromatic rings. The van der Waals surface area contributed by atoms with Crippen LogP contribution in [0, 0.1) is 0 Å². The summed E-state index contributed by atoms with van der Waals surface area (Å²) >= 11 is 0. The number of hydrogen-bond donors (Lipinski definition) is 0. The first kappa shape index (κ1) is 31.7. The maximum absolute atomic E-state index is 2.60. The fourth-order valence-electron chi connectivity index (χ4n) is 9.26. The van der Waals surface area contributed by atoms with Crippen LogP contribution in [-0.2, 0) is 25.7 Å². The van der Waals surface area contributed by atoms with Gasteiger partial charge in [0.25, 0.3) is 0 Å². The first-order valence-corrected chi connectivity index (χ1v) is 19.4. The minimum atomic E-state index is 1.09. The normalized spacial score (nSPS) is 13.8. The molecule has 0 saturated heterocycles. The Bertz CT molecular complexity index is 2420. The van der Waals surface area contributed by atoms with E-state index in [-0.39, 0.29) is 0 Å². The van der Waals surface area contributed by atoms with Gasteiger partial charge in [-0.3, -0.25) is 0 Å². The lowest BCUT2D eigenvalue weighted by atomic mass is 9.78. The number of fused-ring (bicyclic) bond motifs is 5. The van der Waals surface area contributed by atoms with E-state index in [1.165, 1.54) is 110 Å². The summed E-state index contributed by atoms with van der Waals surface area (Å²) < 4.78 is 2.42. The molecule has 0 atom stereocenters. The third-order valence-corrected chi connectivity index (χ3v) is 11.5. The lowest BCUT2D eigenvalue weighted by Gasteiger charge is -2.40. The molecule has 0 radical (unpaired) electrons. The SMILES string of the molecule is c1ccc(N(c2ccccc2)c2c3c(c(N(c4ccccc4)c4ccc(-n5c6ccccc6c6ccccc65)cc4)c4c2CCCC4)CCCC3)cc1. The first-order chi connectivity index (χ1) is 26.3. The fourth-order valence-corrected chi connectivity index (χ4v) is 9.26. The highest BCUT2D eigenvalue weighted by molar-refractivity contribution is 6.09. The molecule has 1 aromatic heterocycles. The monoisotopic (exact) mass is 685 g/mol. The second-order valence-electron chi connectivity index (χ2n) is 14.6. The Morgan fingerprint density at radius 3 is 1.02 bits per heavy atom. The Hall–Kier alpha value is -6.06. The van der Waals surface area contributed by atoms with Gasteiger partial charge in [-0.25, -0.2) is 0 Å². The van der Waals surface area contributed by atoms with Crippen molar-refractivity contribution in [3.8, 4) is 5.69 Å². The highest BCUT2D eigenvalue weighted by atomic mass is 15.2. The van der Waals surface area contributed by atoms with Crippen LogP contribution < -0.4 is 9.80 Å². The maximum Gasteiger partial charge on any atom is 0.0541 e. The standard InChI is InChI=1S/C50H43N3/c1-4-18-36(19-5-1)51(37-20-6-2-7-21-37)49-43-26-10-12-28-45(43)50(46-29-13-11-27-44(46)49)52(38-22-8-3-9-23-38)39-32-34-40(35-33-39)53-47-30-16-14-24-41(47)42-25-15-17-31-48(42)53/h1-9,14-25,30-35H,10-13,26-29H2. The van der Waals surface area contributed by atoms with Gasteiger partial charge in [0.1, 0.15) is 0 Å². The van der Waals surface area contributed by atoms with Gasteiger partial charge in [0.05, 0.1) is 22.4 Å². The van der Waals surface area contributed by atoms with E-state index in [0.29, 0.717) is 0 Å². The van der Waals surface area contributed by atoms with E-state index >= 15 is 0 Å². The summed E-state index contributed by atoms with van der Waals surface area (Å²) in [4.78, 5) is 5.18. The Kier molecular flexibility index (Phi) is 8.06. The Labute approximate surface area is 312 Å². The van der Waals surface area contributed by atoms with Crippen molar-refractivity contribution in [3.63, 3.8) is 0 Å². The quantitative estimate of drug-likeness (QED) is 0.155. The van der Waals surface area contributed by atoms with Crippen LogP contribution in [-0.4, -0.2) is 4.57 Å². The van der Waals surface area contributed by atoms with E-state index in [1.807, 2.05) is 0 Å². The molecule has 258 valence electrons. The minimum absolute atomic E-state index is 1.09. The van der Waals surface area contributed by atoms with Gasteiger partial charge in [0, 0.05) is 39.2 Å². The molecule has 0 unspecified atom stereocenters. The van der Waals surface area contributed by atoms with Crippen molar-refractivity contribution in [2.24, 2.45) is 0 Å². The molecule has 1 heterocycles. The zero-order valence-corrected chi connectivity index (χ0v) is 30.1. The highest BCUT2D eigenvalue weighted by Crippen LogP contribution is 2.52. The molecule has 7 aromatic carbocycles. The van der Waals surface area contributed by atoms with E-state index in [9.17, 15) is 0 Å². The summed E-state index contributed by atoms with van der Waals surface area (Å²) in [5.74, 6) is 0. The lowest BCUT2D eigenvalue weighted by Crippen LogP contribution is -2.25. The molecule has 3 nitrogen and oxygen atoms in total. The van der Waals surface area contributed by atoms with Gasteiger partial charge in [-0.2, -0.15) is 0 Å². The van der Waals surface area contributed by atoms with Crippen LogP contribution in [0.4, 0.5) is 34.1 Å². The minimum Gasteiger partial charge on any atom is -0.310 e. The number of hydrogen-bond acceptors (Lipinski definition) is 2. The Morgan fingerprint density at radius 1 is 0.321 bits per heavy atom. The second-order valence-corrected chi connectivity index (χ2v) is 14.6. The smallest absolute Gasteiger partial charge is 0.0541 e. The predicted molar refractivity (Wildman–Crippen MR) is 223 cm³/mol. The molecule has 0 spiro atoms. The predicted octanol–water partition coefficient (Wildman–Crippen LogP) is 13.5. The molecule has 0 saturated carbocycles. The molecule has 10 rings (SSSR count). The third-order valence-electron chi connectivity index (χ3n) is 11.5. The topological polar surface area (TPSA) is 11.4 Å². The van der Waals surface area contributed by atoms with Crippen LogP contribution in [0.5, 0.6) is 0 Å². The van der Waals surface area contributed by atoms with Crippen LogP contribution in [0.25, 0.3) is 27.5 Å². The van der Waals surface area contributed by atoms with Gasteiger partial charge >= 0.3 is 0 Å². The average molecular weight is 686 g/mol. The van der Waals surface area contributed by atoms with Crippen LogP contribution in [0.2, 0.25) is 0 Å². The second kappa shape index (κ2) is 13.5. The van der Waals surface area contributed by atoms with Crippen LogP contribution >= 0.6 is 0 Å². The Morgan fingerprint density at radius 2 is 0.642 bits per heavy atom. The van der Waals surface area contributed by atoms with Crippen LogP contribution in [0.1, 0.15) is 47.9 Å². The molecule has 0 bridgehead atoms. The van der Waals surface area contributed by atoms with Crippen molar-refractivity contribution in [1.82, 2.24) is 4.57 Å². The number of aromatic nitrogens is 1. The van der Waals surface area contributed by atoms with Crippen molar-refractivity contribution in [1.29, 1.82) is 0 Å². The summed E-state index contributed by atoms with van der Waals surface area (Å²) in [6, 6.07) is 60.1. The molecule has 0 fully saturated rings. The van der Waals surface area contributed by atoms with Crippen molar-refractivity contribution in [3.05, 3.63) is 186 Å². The number of rotatable bonds is 7. The largest absolute Gasteiger partial charge is 0.310 e. The first-order valence-electron chi connectivity index (χ1n) is 19.4. The molecular formula is C50H43N3. The van der Waals surface area contributed by atoms with E-state index < -0.39 is 0 Å². The van der Waals surface area contributed by atoms with Gasteiger partial charge in [0.15, 0.2) is 0 Å².